The first-order chi connectivity index (χ1) is 18.2. The fourth-order valence-electron chi connectivity index (χ4n) is 4.91. The molecule has 1 aromatic heterocycles. The van der Waals surface area contributed by atoms with Gasteiger partial charge in [-0.15, -0.1) is 17.8 Å². The number of benzene rings is 3. The average molecular weight is 507 g/mol. The molecule has 1 N–H and O–H groups in total. The second-order valence-electron chi connectivity index (χ2n) is 9.32. The maximum atomic E-state index is 13.7. The topological polar surface area (TPSA) is 50.7 Å². The zero-order chi connectivity index (χ0) is 25.6. The normalized spacial score (nSPS) is 13.5. The van der Waals surface area contributed by atoms with Gasteiger partial charge in [-0.3, -0.25) is 4.79 Å². The molecule has 0 saturated heterocycles. The van der Waals surface area contributed by atoms with Gasteiger partial charge in [-0.05, 0) is 66.6 Å². The summed E-state index contributed by atoms with van der Waals surface area (Å²) in [5, 5.41) is 6.02. The van der Waals surface area contributed by atoms with Gasteiger partial charge in [-0.2, -0.15) is 0 Å². The van der Waals surface area contributed by atoms with Crippen LogP contribution in [0.3, 0.4) is 0 Å². The predicted octanol–water partition coefficient (Wildman–Crippen LogP) is 7.88. The van der Waals surface area contributed by atoms with Gasteiger partial charge in [0.25, 0.3) is 5.91 Å². The van der Waals surface area contributed by atoms with Crippen LogP contribution in [0.15, 0.2) is 65.7 Å². The minimum absolute atomic E-state index is 0.0961. The van der Waals surface area contributed by atoms with Crippen LogP contribution in [0.25, 0.3) is 10.8 Å². The lowest BCUT2D eigenvalue weighted by Gasteiger charge is -2.13. The Labute approximate surface area is 222 Å². The molecule has 5 rings (SSSR count). The van der Waals surface area contributed by atoms with Crippen molar-refractivity contribution in [1.29, 1.82) is 0 Å². The van der Waals surface area contributed by atoms with Crippen molar-refractivity contribution in [3.63, 3.8) is 0 Å². The summed E-state index contributed by atoms with van der Waals surface area (Å²) < 4.78 is 5.86. The molecule has 1 aliphatic carbocycles. The average Bonchev–Trinajstić information content (AvgIpc) is 3.23. The molecule has 0 fully saturated rings. The molecule has 0 aliphatic heterocycles. The van der Waals surface area contributed by atoms with Crippen molar-refractivity contribution in [2.75, 3.05) is 11.9 Å². The van der Waals surface area contributed by atoms with Crippen molar-refractivity contribution in [3.05, 3.63) is 87.8 Å². The van der Waals surface area contributed by atoms with Crippen LogP contribution in [0.2, 0.25) is 0 Å². The summed E-state index contributed by atoms with van der Waals surface area (Å²) >= 11 is 1.64. The first-order valence-corrected chi connectivity index (χ1v) is 13.6. The van der Waals surface area contributed by atoms with Crippen LogP contribution in [0.5, 0.6) is 5.75 Å². The van der Waals surface area contributed by atoms with Crippen LogP contribution in [-0.4, -0.2) is 18.7 Å². The van der Waals surface area contributed by atoms with Crippen molar-refractivity contribution in [1.82, 2.24) is 0 Å². The number of nitrogens with one attached hydrogen (secondary N) is 1. The minimum atomic E-state index is -0.0961. The summed E-state index contributed by atoms with van der Waals surface area (Å²) in [5.74, 6) is 3.13. The monoisotopic (exact) mass is 506 g/mol. The van der Waals surface area contributed by atoms with Crippen molar-refractivity contribution in [2.45, 2.75) is 45.4 Å². The maximum Gasteiger partial charge on any atom is 0.259 e. The molecule has 0 unspecified atom stereocenters. The Bertz CT molecular complexity index is 1510. The van der Waals surface area contributed by atoms with Gasteiger partial charge < -0.3 is 10.1 Å². The number of aryl methyl sites for hydroxylation is 2. The standard InChI is InChI=1S/C32H30N2O2S/c1-3-20-36-28-19-18-23-13-9-10-14-24(23)26(28)21-33-32-30(25-15-6-4-5-7-17-29(25)37-32)31(35)34-27-16-11-8-12-22(27)2/h1,8-14,16,18-19,21H,4-7,15,17,20H2,2H3,(H,34,35). The zero-order valence-corrected chi connectivity index (χ0v) is 21.9. The largest absolute Gasteiger partial charge is 0.480 e. The van der Waals surface area contributed by atoms with E-state index in [0.29, 0.717) is 11.3 Å². The number of terminal acetylenes is 1. The molecule has 4 aromatic rings. The highest BCUT2D eigenvalue weighted by Crippen LogP contribution is 2.40. The van der Waals surface area contributed by atoms with Crippen LogP contribution >= 0.6 is 11.3 Å². The van der Waals surface area contributed by atoms with E-state index >= 15 is 0 Å². The number of hydrogen-bond acceptors (Lipinski definition) is 4. The van der Waals surface area contributed by atoms with E-state index in [0.717, 1.165) is 63.8 Å². The number of fused-ring (bicyclic) bond motifs is 2. The van der Waals surface area contributed by atoms with E-state index in [1.54, 1.807) is 11.3 Å². The first-order valence-electron chi connectivity index (χ1n) is 12.8. The smallest absolute Gasteiger partial charge is 0.259 e. The van der Waals surface area contributed by atoms with E-state index in [-0.39, 0.29) is 12.5 Å². The summed E-state index contributed by atoms with van der Waals surface area (Å²) in [7, 11) is 0. The molecule has 1 heterocycles. The van der Waals surface area contributed by atoms with Crippen LogP contribution < -0.4 is 10.1 Å². The Hall–Kier alpha value is -3.88. The van der Waals surface area contributed by atoms with Crippen LogP contribution in [0.1, 0.15) is 57.6 Å². The number of nitrogens with zero attached hydrogens (tertiary/aromatic N) is 1. The molecular weight excluding hydrogens is 476 g/mol. The van der Waals surface area contributed by atoms with E-state index < -0.39 is 0 Å². The minimum Gasteiger partial charge on any atom is -0.480 e. The summed E-state index contributed by atoms with van der Waals surface area (Å²) in [5.41, 5.74) is 4.58. The number of hydrogen-bond donors (Lipinski definition) is 1. The summed E-state index contributed by atoms with van der Waals surface area (Å²) in [4.78, 5) is 20.0. The van der Waals surface area contributed by atoms with E-state index in [1.807, 2.05) is 61.7 Å². The van der Waals surface area contributed by atoms with E-state index in [2.05, 4.69) is 23.4 Å². The molecule has 1 aliphatic rings. The van der Waals surface area contributed by atoms with Gasteiger partial charge in [0.05, 0.1) is 5.56 Å². The number of ether oxygens (including phenoxy) is 1. The molecular formula is C32H30N2O2S. The van der Waals surface area contributed by atoms with Gasteiger partial charge in [0.15, 0.2) is 0 Å². The third-order valence-electron chi connectivity index (χ3n) is 6.83. The molecule has 37 heavy (non-hydrogen) atoms. The third kappa shape index (κ3) is 5.45. The summed E-state index contributed by atoms with van der Waals surface area (Å²) in [6, 6.07) is 20.0. The number of thiophene rings is 1. The highest BCUT2D eigenvalue weighted by molar-refractivity contribution is 7.16. The molecule has 0 radical (unpaired) electrons. The molecule has 0 spiro atoms. The number of rotatable bonds is 6. The number of para-hydroxylation sites is 1. The van der Waals surface area contributed by atoms with E-state index in [4.69, 9.17) is 16.2 Å². The van der Waals surface area contributed by atoms with Crippen molar-refractivity contribution >= 4 is 44.9 Å². The number of anilines is 1. The second kappa shape index (κ2) is 11.5. The second-order valence-corrected chi connectivity index (χ2v) is 10.4. The molecule has 3 aromatic carbocycles. The predicted molar refractivity (Wildman–Crippen MR) is 155 cm³/mol. The lowest BCUT2D eigenvalue weighted by molar-refractivity contribution is 0.102. The Balaban J connectivity index is 1.59. The SMILES string of the molecule is C#CCOc1ccc2ccccc2c1C=Nc1sc2c(c1C(=O)Nc1ccccc1C)CCCCCC2. The van der Waals surface area contributed by atoms with Gasteiger partial charge in [0, 0.05) is 22.3 Å². The van der Waals surface area contributed by atoms with Gasteiger partial charge in [0.2, 0.25) is 0 Å². The molecule has 0 bridgehead atoms. The summed E-state index contributed by atoms with van der Waals surface area (Å²) in [6.45, 7) is 2.18. The van der Waals surface area contributed by atoms with Gasteiger partial charge >= 0.3 is 0 Å². The quantitative estimate of drug-likeness (QED) is 0.214. The Morgan fingerprint density at radius 2 is 1.84 bits per heavy atom. The lowest BCUT2D eigenvalue weighted by atomic mass is 9.96. The number of aliphatic imine (C=N–C) groups is 1. The fraction of sp³-hybridized carbons (Fsp3) is 0.250. The van der Waals surface area contributed by atoms with Crippen LogP contribution in [-0.2, 0) is 12.8 Å². The van der Waals surface area contributed by atoms with Gasteiger partial charge in [-0.1, -0.05) is 67.3 Å². The van der Waals surface area contributed by atoms with Crippen LogP contribution in [0.4, 0.5) is 10.7 Å². The maximum absolute atomic E-state index is 13.7. The fourth-order valence-corrected chi connectivity index (χ4v) is 6.14. The van der Waals surface area contributed by atoms with Gasteiger partial charge in [0.1, 0.15) is 17.4 Å². The van der Waals surface area contributed by atoms with Crippen LogP contribution in [0, 0.1) is 19.3 Å². The number of carbonyl (C=O) groups is 1. The molecule has 5 heteroatoms. The van der Waals surface area contributed by atoms with Crippen molar-refractivity contribution in [3.8, 4) is 18.1 Å². The van der Waals surface area contributed by atoms with E-state index in [1.165, 1.54) is 17.7 Å². The molecule has 186 valence electrons. The highest BCUT2D eigenvalue weighted by Gasteiger charge is 2.24. The van der Waals surface area contributed by atoms with Crippen molar-refractivity contribution in [2.24, 2.45) is 4.99 Å². The molecule has 0 atom stereocenters. The lowest BCUT2D eigenvalue weighted by Crippen LogP contribution is -2.15. The van der Waals surface area contributed by atoms with Crippen molar-refractivity contribution < 1.29 is 9.53 Å². The Morgan fingerprint density at radius 1 is 1.05 bits per heavy atom. The Kier molecular flexibility index (Phi) is 7.67. The zero-order valence-electron chi connectivity index (χ0n) is 21.0. The van der Waals surface area contributed by atoms with E-state index in [9.17, 15) is 4.79 Å². The third-order valence-corrected chi connectivity index (χ3v) is 8.03. The first kappa shape index (κ1) is 24.8. The molecule has 1 amide bonds. The number of carbonyl (C=O) groups excluding carboxylic acids is 1. The summed E-state index contributed by atoms with van der Waals surface area (Å²) in [6.07, 6.45) is 13.8. The molecule has 0 saturated carbocycles. The highest BCUT2D eigenvalue weighted by atomic mass is 32.1. The number of amides is 1. The van der Waals surface area contributed by atoms with Gasteiger partial charge in [-0.25, -0.2) is 4.99 Å². The molecule has 4 nitrogen and oxygen atoms in total. The Morgan fingerprint density at radius 3 is 2.68 bits per heavy atom.